The third kappa shape index (κ3) is 4.28. The Balaban J connectivity index is 1.49. The van der Waals surface area contributed by atoms with Crippen LogP contribution in [0.3, 0.4) is 0 Å². The average Bonchev–Trinajstić information content (AvgIpc) is 3.15. The van der Waals surface area contributed by atoms with Gasteiger partial charge >= 0.3 is 0 Å². The van der Waals surface area contributed by atoms with Crippen LogP contribution in [0, 0.1) is 5.82 Å². The van der Waals surface area contributed by atoms with Crippen molar-refractivity contribution in [2.45, 2.75) is 26.3 Å². The Labute approximate surface area is 152 Å². The third-order valence-electron chi connectivity index (χ3n) is 4.69. The lowest BCUT2D eigenvalue weighted by Crippen LogP contribution is -2.49. The zero-order valence-electron chi connectivity index (χ0n) is 14.9. The van der Waals surface area contributed by atoms with Crippen LogP contribution in [-0.2, 0) is 11.3 Å². The molecule has 1 amide bonds. The summed E-state index contributed by atoms with van der Waals surface area (Å²) in [4.78, 5) is 31.4. The molecule has 2 heterocycles. The van der Waals surface area contributed by atoms with Gasteiger partial charge in [0.1, 0.15) is 5.82 Å². The molecule has 6 nitrogen and oxygen atoms in total. The van der Waals surface area contributed by atoms with Gasteiger partial charge in [-0.1, -0.05) is 0 Å². The number of hydrogen-bond acceptors (Lipinski definition) is 4. The van der Waals surface area contributed by atoms with Crippen LogP contribution < -0.4 is 4.90 Å². The number of aryl methyl sites for hydroxylation is 1. The molecule has 0 saturated carbocycles. The van der Waals surface area contributed by atoms with Crippen LogP contribution in [0.15, 0.2) is 36.9 Å². The lowest BCUT2D eigenvalue weighted by molar-refractivity contribution is -0.131. The van der Waals surface area contributed by atoms with Gasteiger partial charge in [0.25, 0.3) is 0 Å². The van der Waals surface area contributed by atoms with Crippen LogP contribution in [0.25, 0.3) is 0 Å². The van der Waals surface area contributed by atoms with Crippen LogP contribution in [0.2, 0.25) is 0 Å². The van der Waals surface area contributed by atoms with Gasteiger partial charge in [-0.2, -0.15) is 0 Å². The van der Waals surface area contributed by atoms with E-state index >= 15 is 0 Å². The molecule has 0 N–H and O–H groups in total. The van der Waals surface area contributed by atoms with Gasteiger partial charge in [-0.15, -0.1) is 0 Å². The topological polar surface area (TPSA) is 58.4 Å². The Morgan fingerprint density at radius 2 is 1.96 bits per heavy atom. The highest BCUT2D eigenvalue weighted by Gasteiger charge is 2.22. The number of nitrogens with zero attached hydrogens (tertiary/aromatic N) is 4. The Kier molecular flexibility index (Phi) is 5.65. The summed E-state index contributed by atoms with van der Waals surface area (Å²) in [5, 5.41) is 0. The quantitative estimate of drug-likeness (QED) is 0.744. The second-order valence-electron chi connectivity index (χ2n) is 6.49. The predicted octanol–water partition coefficient (Wildman–Crippen LogP) is 2.35. The Bertz CT molecular complexity index is 768. The molecular formula is C19H23FN4O2. The van der Waals surface area contributed by atoms with E-state index in [-0.39, 0.29) is 11.7 Å². The van der Waals surface area contributed by atoms with E-state index in [4.69, 9.17) is 0 Å². The predicted molar refractivity (Wildman–Crippen MR) is 96.7 cm³/mol. The molecular weight excluding hydrogens is 335 g/mol. The van der Waals surface area contributed by atoms with E-state index in [0.717, 1.165) is 13.0 Å². The first kappa shape index (κ1) is 18.1. The molecule has 1 fully saturated rings. The van der Waals surface area contributed by atoms with Gasteiger partial charge in [0, 0.05) is 57.1 Å². The van der Waals surface area contributed by atoms with E-state index in [2.05, 4.69) is 4.98 Å². The molecule has 0 radical (unpaired) electrons. The highest BCUT2D eigenvalue weighted by molar-refractivity contribution is 5.94. The number of ketones is 1. The maximum Gasteiger partial charge on any atom is 0.222 e. The normalized spacial score (nSPS) is 14.5. The second kappa shape index (κ2) is 8.12. The monoisotopic (exact) mass is 358 g/mol. The molecule has 1 aliphatic heterocycles. The number of imidazole rings is 1. The molecule has 26 heavy (non-hydrogen) atoms. The van der Waals surface area contributed by atoms with Crippen molar-refractivity contribution < 1.29 is 14.0 Å². The Morgan fingerprint density at radius 1 is 1.19 bits per heavy atom. The minimum Gasteiger partial charge on any atom is -0.366 e. The molecule has 1 aliphatic rings. The van der Waals surface area contributed by atoms with Crippen molar-refractivity contribution in [3.8, 4) is 0 Å². The number of rotatable bonds is 6. The number of anilines is 1. The van der Waals surface area contributed by atoms with Crippen molar-refractivity contribution in [1.29, 1.82) is 0 Å². The smallest absolute Gasteiger partial charge is 0.222 e. The standard InChI is InChI=1S/C19H23FN4O2/c1-15(25)16-4-5-18(17(20)13-16)23-9-11-24(12-10-23)19(26)3-2-7-22-8-6-21-14-22/h4-6,8,13-14H,2-3,7,9-12H2,1H3. The van der Waals surface area contributed by atoms with Crippen LogP contribution >= 0.6 is 0 Å². The van der Waals surface area contributed by atoms with E-state index in [1.807, 2.05) is 20.6 Å². The first-order valence-corrected chi connectivity index (χ1v) is 8.83. The van der Waals surface area contributed by atoms with Crippen LogP contribution in [0.5, 0.6) is 0 Å². The number of amides is 1. The van der Waals surface area contributed by atoms with Gasteiger partial charge in [0.05, 0.1) is 12.0 Å². The zero-order chi connectivity index (χ0) is 18.5. The van der Waals surface area contributed by atoms with Crippen LogP contribution in [0.4, 0.5) is 10.1 Å². The third-order valence-corrected chi connectivity index (χ3v) is 4.69. The van der Waals surface area contributed by atoms with Crippen molar-refractivity contribution >= 4 is 17.4 Å². The summed E-state index contributed by atoms with van der Waals surface area (Å²) >= 11 is 0. The van der Waals surface area contributed by atoms with Crippen LogP contribution in [-0.4, -0.2) is 52.3 Å². The number of benzene rings is 1. The lowest BCUT2D eigenvalue weighted by atomic mass is 10.1. The number of halogens is 1. The SMILES string of the molecule is CC(=O)c1ccc(N2CCN(C(=O)CCCn3ccnc3)CC2)c(F)c1. The number of hydrogen-bond donors (Lipinski definition) is 0. The summed E-state index contributed by atoms with van der Waals surface area (Å²) in [7, 11) is 0. The molecule has 0 bridgehead atoms. The molecule has 0 spiro atoms. The summed E-state index contributed by atoms with van der Waals surface area (Å²) in [6, 6.07) is 4.58. The maximum atomic E-state index is 14.3. The van der Waals surface area contributed by atoms with Crippen molar-refractivity contribution in [3.63, 3.8) is 0 Å². The number of carbonyl (C=O) groups is 2. The Hall–Kier alpha value is -2.70. The fourth-order valence-corrected chi connectivity index (χ4v) is 3.17. The molecule has 0 aliphatic carbocycles. The van der Waals surface area contributed by atoms with E-state index < -0.39 is 5.82 Å². The second-order valence-corrected chi connectivity index (χ2v) is 6.49. The van der Waals surface area contributed by atoms with Gasteiger partial charge in [0.2, 0.25) is 5.91 Å². The van der Waals surface area contributed by atoms with Gasteiger partial charge in [-0.05, 0) is 31.5 Å². The summed E-state index contributed by atoms with van der Waals surface area (Å²) in [6.07, 6.45) is 6.63. The van der Waals surface area contributed by atoms with Gasteiger partial charge < -0.3 is 14.4 Å². The minimum atomic E-state index is -0.391. The summed E-state index contributed by atoms with van der Waals surface area (Å²) in [5.41, 5.74) is 0.861. The maximum absolute atomic E-state index is 14.3. The van der Waals surface area contributed by atoms with E-state index in [1.165, 1.54) is 13.0 Å². The zero-order valence-corrected chi connectivity index (χ0v) is 14.9. The van der Waals surface area contributed by atoms with Crippen molar-refractivity contribution in [1.82, 2.24) is 14.5 Å². The highest BCUT2D eigenvalue weighted by Crippen LogP contribution is 2.22. The van der Waals surface area contributed by atoms with Crippen molar-refractivity contribution in [2.75, 3.05) is 31.1 Å². The fraction of sp³-hybridized carbons (Fsp3) is 0.421. The van der Waals surface area contributed by atoms with E-state index in [0.29, 0.717) is 43.9 Å². The van der Waals surface area contributed by atoms with Gasteiger partial charge in [0.15, 0.2) is 5.78 Å². The fourth-order valence-electron chi connectivity index (χ4n) is 3.17. The molecule has 1 aromatic heterocycles. The molecule has 3 rings (SSSR count). The number of aromatic nitrogens is 2. The molecule has 138 valence electrons. The van der Waals surface area contributed by atoms with Crippen LogP contribution in [0.1, 0.15) is 30.1 Å². The molecule has 1 aromatic carbocycles. The lowest BCUT2D eigenvalue weighted by Gasteiger charge is -2.36. The number of piperazine rings is 1. The molecule has 1 saturated heterocycles. The van der Waals surface area contributed by atoms with E-state index in [9.17, 15) is 14.0 Å². The first-order valence-electron chi connectivity index (χ1n) is 8.83. The molecule has 0 atom stereocenters. The van der Waals surface area contributed by atoms with Gasteiger partial charge in [-0.25, -0.2) is 9.37 Å². The molecule has 2 aromatic rings. The minimum absolute atomic E-state index is 0.136. The summed E-state index contributed by atoms with van der Waals surface area (Å²) in [6.45, 7) is 4.54. The molecule has 0 unspecified atom stereocenters. The number of carbonyl (C=O) groups excluding carboxylic acids is 2. The highest BCUT2D eigenvalue weighted by atomic mass is 19.1. The largest absolute Gasteiger partial charge is 0.366 e. The van der Waals surface area contributed by atoms with Gasteiger partial charge in [-0.3, -0.25) is 9.59 Å². The first-order chi connectivity index (χ1) is 12.5. The Morgan fingerprint density at radius 3 is 2.58 bits per heavy atom. The number of Topliss-reactive ketones (excluding diaryl/α,β-unsaturated/α-hetero) is 1. The molecule has 7 heteroatoms. The summed E-state index contributed by atoms with van der Waals surface area (Å²) < 4.78 is 16.2. The average molecular weight is 358 g/mol. The summed E-state index contributed by atoms with van der Waals surface area (Å²) in [5.74, 6) is -0.406. The van der Waals surface area contributed by atoms with E-state index in [1.54, 1.807) is 24.7 Å². The van der Waals surface area contributed by atoms with Crippen molar-refractivity contribution in [2.24, 2.45) is 0 Å². The van der Waals surface area contributed by atoms with Crippen molar-refractivity contribution in [3.05, 3.63) is 48.3 Å².